The summed E-state index contributed by atoms with van der Waals surface area (Å²) in [6, 6.07) is 0.813. The van der Waals surface area contributed by atoms with E-state index in [0.717, 1.165) is 70.0 Å². The fourth-order valence-electron chi connectivity index (χ4n) is 5.85. The largest absolute Gasteiger partial charge is 0.384 e. The van der Waals surface area contributed by atoms with E-state index in [9.17, 15) is 4.79 Å². The molecular formula is C19H35Cl2N3O2. The maximum absolute atomic E-state index is 13.2. The van der Waals surface area contributed by atoms with Gasteiger partial charge >= 0.3 is 0 Å². The van der Waals surface area contributed by atoms with E-state index in [4.69, 9.17) is 4.74 Å². The first-order chi connectivity index (χ1) is 11.7. The van der Waals surface area contributed by atoms with E-state index >= 15 is 0 Å². The molecule has 0 aromatic carbocycles. The van der Waals surface area contributed by atoms with Crippen molar-refractivity contribution in [2.45, 2.75) is 44.6 Å². The Morgan fingerprint density at radius 1 is 1.08 bits per heavy atom. The van der Waals surface area contributed by atoms with Crippen molar-refractivity contribution in [1.82, 2.24) is 15.1 Å². The third kappa shape index (κ3) is 4.17. The predicted octanol–water partition coefficient (Wildman–Crippen LogP) is 2.18. The average Bonchev–Trinajstić information content (AvgIpc) is 3.26. The number of halogens is 2. The summed E-state index contributed by atoms with van der Waals surface area (Å²) in [6.45, 7) is 6.39. The summed E-state index contributed by atoms with van der Waals surface area (Å²) >= 11 is 0. The Labute approximate surface area is 170 Å². The maximum Gasteiger partial charge on any atom is 0.231 e. The molecule has 26 heavy (non-hydrogen) atoms. The number of nitrogens with zero attached hydrogens (tertiary/aromatic N) is 2. The zero-order valence-electron chi connectivity index (χ0n) is 16.0. The van der Waals surface area contributed by atoms with Crippen LogP contribution in [-0.2, 0) is 9.53 Å². The van der Waals surface area contributed by atoms with Crippen LogP contribution >= 0.6 is 24.8 Å². The van der Waals surface area contributed by atoms with Crippen LogP contribution in [0.25, 0.3) is 0 Å². The van der Waals surface area contributed by atoms with Gasteiger partial charge in [-0.15, -0.1) is 24.8 Å². The van der Waals surface area contributed by atoms with Crippen molar-refractivity contribution in [3.63, 3.8) is 0 Å². The minimum atomic E-state index is -0.283. The summed E-state index contributed by atoms with van der Waals surface area (Å²) in [5, 5.41) is 3.38. The molecular weight excluding hydrogens is 373 g/mol. The standard InChI is InChI=1S/C19H33N3O2.2ClH/c1-24-14-19(4-6-20-7-5-19)18(23)22-10-8-21(9-11-22)17-13-15-2-3-16(17)12-15;;/h15-17,20H,2-14H2,1H3;2*1H. The zero-order chi connectivity index (χ0) is 16.6. The number of piperidine rings is 1. The summed E-state index contributed by atoms with van der Waals surface area (Å²) in [5.41, 5.74) is -0.283. The fourth-order valence-corrected chi connectivity index (χ4v) is 5.85. The van der Waals surface area contributed by atoms with Crippen LogP contribution in [0.5, 0.6) is 0 Å². The van der Waals surface area contributed by atoms with Gasteiger partial charge in [0.15, 0.2) is 0 Å². The second-order valence-electron chi connectivity index (χ2n) is 8.53. The van der Waals surface area contributed by atoms with Crippen LogP contribution in [0.15, 0.2) is 0 Å². The molecule has 7 heteroatoms. The Morgan fingerprint density at radius 2 is 1.77 bits per heavy atom. The first kappa shape index (κ1) is 22.2. The maximum atomic E-state index is 13.2. The van der Waals surface area contributed by atoms with Crippen molar-refractivity contribution < 1.29 is 9.53 Å². The van der Waals surface area contributed by atoms with Gasteiger partial charge in [0, 0.05) is 39.3 Å². The first-order valence-electron chi connectivity index (χ1n) is 9.95. The Hall–Kier alpha value is -0.0700. The summed E-state index contributed by atoms with van der Waals surface area (Å²) in [7, 11) is 1.73. The number of rotatable bonds is 4. The van der Waals surface area contributed by atoms with Crippen LogP contribution in [-0.4, -0.2) is 74.7 Å². The van der Waals surface area contributed by atoms with E-state index in [2.05, 4.69) is 15.1 Å². The molecule has 3 atom stereocenters. The number of methoxy groups -OCH3 is 1. The lowest BCUT2D eigenvalue weighted by atomic mass is 9.78. The molecule has 4 fully saturated rings. The van der Waals surface area contributed by atoms with Crippen molar-refractivity contribution >= 4 is 30.7 Å². The molecule has 4 rings (SSSR count). The predicted molar refractivity (Wildman–Crippen MR) is 108 cm³/mol. The highest BCUT2D eigenvalue weighted by molar-refractivity contribution is 5.85. The van der Waals surface area contributed by atoms with E-state index in [1.807, 2.05) is 0 Å². The van der Waals surface area contributed by atoms with Gasteiger partial charge in [-0.25, -0.2) is 0 Å². The Balaban J connectivity index is 0.00000121. The molecule has 1 N–H and O–H groups in total. The Kier molecular flexibility index (Phi) is 8.05. The van der Waals surface area contributed by atoms with Gasteiger partial charge in [0.05, 0.1) is 12.0 Å². The third-order valence-corrected chi connectivity index (χ3v) is 7.21. The van der Waals surface area contributed by atoms with Gasteiger partial charge in [-0.3, -0.25) is 9.69 Å². The van der Waals surface area contributed by atoms with Gasteiger partial charge in [-0.1, -0.05) is 6.42 Å². The van der Waals surface area contributed by atoms with Crippen molar-refractivity contribution in [2.75, 3.05) is 53.0 Å². The molecule has 0 aromatic heterocycles. The smallest absolute Gasteiger partial charge is 0.231 e. The summed E-state index contributed by atoms with van der Waals surface area (Å²) in [5.74, 6) is 2.29. The van der Waals surface area contributed by atoms with Crippen molar-refractivity contribution in [2.24, 2.45) is 17.3 Å². The van der Waals surface area contributed by atoms with E-state index in [1.54, 1.807) is 7.11 Å². The molecule has 2 saturated carbocycles. The fraction of sp³-hybridized carbons (Fsp3) is 0.947. The monoisotopic (exact) mass is 407 g/mol. The summed E-state index contributed by atoms with van der Waals surface area (Å²) in [4.78, 5) is 18.0. The Morgan fingerprint density at radius 3 is 2.31 bits per heavy atom. The van der Waals surface area contributed by atoms with E-state index in [-0.39, 0.29) is 30.2 Å². The number of ether oxygens (including phenoxy) is 1. The molecule has 2 saturated heterocycles. The molecule has 4 aliphatic rings. The molecule has 0 spiro atoms. The van der Waals surface area contributed by atoms with Crippen LogP contribution in [0.3, 0.4) is 0 Å². The van der Waals surface area contributed by atoms with Crippen LogP contribution in [0.2, 0.25) is 0 Å². The average molecular weight is 408 g/mol. The minimum absolute atomic E-state index is 0. The van der Waals surface area contributed by atoms with E-state index in [0.29, 0.717) is 12.5 Å². The number of piperazine rings is 1. The summed E-state index contributed by atoms with van der Waals surface area (Å²) in [6.07, 6.45) is 7.61. The van der Waals surface area contributed by atoms with Gasteiger partial charge in [-0.2, -0.15) is 0 Å². The van der Waals surface area contributed by atoms with Gasteiger partial charge in [0.25, 0.3) is 0 Å². The lowest BCUT2D eigenvalue weighted by Gasteiger charge is -2.45. The molecule has 0 aromatic rings. The quantitative estimate of drug-likeness (QED) is 0.775. The SMILES string of the molecule is COCC1(C(=O)N2CCN(C3CC4CCC3C4)CC2)CCNCC1.Cl.Cl. The zero-order valence-corrected chi connectivity index (χ0v) is 17.6. The van der Waals surface area contributed by atoms with Crippen LogP contribution in [0.1, 0.15) is 38.5 Å². The number of carbonyl (C=O) groups is 1. The van der Waals surface area contributed by atoms with Crippen LogP contribution in [0, 0.1) is 17.3 Å². The number of nitrogens with one attached hydrogen (secondary N) is 1. The molecule has 5 nitrogen and oxygen atoms in total. The lowest BCUT2D eigenvalue weighted by molar-refractivity contribution is -0.149. The molecule has 1 amide bonds. The van der Waals surface area contributed by atoms with E-state index in [1.165, 1.54) is 25.7 Å². The number of carbonyl (C=O) groups excluding carboxylic acids is 1. The van der Waals surface area contributed by atoms with Crippen molar-refractivity contribution in [3.8, 4) is 0 Å². The van der Waals surface area contributed by atoms with Crippen LogP contribution < -0.4 is 5.32 Å². The topological polar surface area (TPSA) is 44.8 Å². The van der Waals surface area contributed by atoms with E-state index < -0.39 is 0 Å². The molecule has 2 bridgehead atoms. The van der Waals surface area contributed by atoms with Gasteiger partial charge in [0.1, 0.15) is 0 Å². The number of amides is 1. The summed E-state index contributed by atoms with van der Waals surface area (Å²) < 4.78 is 5.45. The third-order valence-electron chi connectivity index (χ3n) is 7.21. The number of hydrogen-bond acceptors (Lipinski definition) is 4. The lowest BCUT2D eigenvalue weighted by Crippen LogP contribution is -2.58. The number of fused-ring (bicyclic) bond motifs is 2. The molecule has 152 valence electrons. The van der Waals surface area contributed by atoms with Gasteiger partial charge in [0.2, 0.25) is 5.91 Å². The number of hydrogen-bond donors (Lipinski definition) is 1. The van der Waals surface area contributed by atoms with Gasteiger partial charge < -0.3 is 15.0 Å². The minimum Gasteiger partial charge on any atom is -0.384 e. The highest BCUT2D eigenvalue weighted by Gasteiger charge is 2.45. The molecule has 3 unspecified atom stereocenters. The second-order valence-corrected chi connectivity index (χ2v) is 8.53. The molecule has 2 aliphatic heterocycles. The second kappa shape index (κ2) is 9.42. The first-order valence-corrected chi connectivity index (χ1v) is 9.95. The Bertz CT molecular complexity index is 460. The molecule has 0 radical (unpaired) electrons. The highest BCUT2D eigenvalue weighted by atomic mass is 35.5. The van der Waals surface area contributed by atoms with Gasteiger partial charge in [-0.05, 0) is 57.0 Å². The van der Waals surface area contributed by atoms with Crippen LogP contribution in [0.4, 0.5) is 0 Å². The molecule has 2 heterocycles. The van der Waals surface area contributed by atoms with Crippen molar-refractivity contribution in [1.29, 1.82) is 0 Å². The normalized spacial score (nSPS) is 33.4. The highest BCUT2D eigenvalue weighted by Crippen LogP contribution is 2.46. The molecule has 2 aliphatic carbocycles. The van der Waals surface area contributed by atoms with Crippen molar-refractivity contribution in [3.05, 3.63) is 0 Å².